The van der Waals surface area contributed by atoms with Gasteiger partial charge in [0, 0.05) is 47.1 Å². The van der Waals surface area contributed by atoms with E-state index in [-0.39, 0.29) is 41.2 Å². The predicted molar refractivity (Wildman–Crippen MR) is 153 cm³/mol. The normalized spacial score (nSPS) is 23.6. The molecule has 0 unspecified atom stereocenters. The number of nitrogen functional groups attached to an aromatic ring is 1. The number of alkyl carbamates (subject to hydrolysis) is 1. The number of anilines is 1. The number of piperidine rings is 1. The zero-order chi connectivity index (χ0) is 29.2. The SMILES string of the molecule is CS(=O)(=O)c1c([C@@H]2C[C@H]3CC[C@@H](C2)N3C(=O)[C@H]2COC(=O)N2)nc2c(-c3ccc(-c4ccccc4)nc3)cnn2c1N. The number of fused-ring (bicyclic) bond motifs is 3. The van der Waals surface area contributed by atoms with Crippen LogP contribution in [0.5, 0.6) is 0 Å². The first-order valence-corrected chi connectivity index (χ1v) is 15.7. The fourth-order valence-electron chi connectivity index (χ4n) is 6.67. The van der Waals surface area contributed by atoms with Crippen molar-refractivity contribution in [3.05, 3.63) is 60.6 Å². The van der Waals surface area contributed by atoms with Gasteiger partial charge in [-0.2, -0.15) is 9.61 Å². The lowest BCUT2D eigenvalue weighted by Gasteiger charge is -2.40. The molecule has 3 N–H and O–H groups in total. The molecule has 13 heteroatoms. The van der Waals surface area contributed by atoms with Crippen molar-refractivity contribution in [1.82, 2.24) is 29.8 Å². The molecule has 3 aliphatic rings. The van der Waals surface area contributed by atoms with E-state index in [0.29, 0.717) is 29.7 Å². The van der Waals surface area contributed by atoms with Crippen molar-refractivity contribution in [2.24, 2.45) is 0 Å². The molecule has 3 aliphatic heterocycles. The average molecular weight is 588 g/mol. The van der Waals surface area contributed by atoms with Crippen molar-refractivity contribution in [3.63, 3.8) is 0 Å². The van der Waals surface area contributed by atoms with Crippen LogP contribution < -0.4 is 11.1 Å². The Hall–Kier alpha value is -4.52. The number of carbonyl (C=O) groups is 2. The zero-order valence-electron chi connectivity index (χ0n) is 22.8. The Balaban J connectivity index is 1.26. The number of pyridine rings is 1. The maximum Gasteiger partial charge on any atom is 0.407 e. The van der Waals surface area contributed by atoms with Crippen LogP contribution in [0.3, 0.4) is 0 Å². The summed E-state index contributed by atoms with van der Waals surface area (Å²) in [7, 11) is -3.77. The number of ether oxygens (including phenoxy) is 1. The quantitative estimate of drug-likeness (QED) is 0.358. The van der Waals surface area contributed by atoms with Crippen LogP contribution in [0.2, 0.25) is 0 Å². The molecule has 3 fully saturated rings. The number of nitrogens with one attached hydrogen (secondary N) is 1. The summed E-state index contributed by atoms with van der Waals surface area (Å²) >= 11 is 0. The first-order chi connectivity index (χ1) is 20.2. The fourth-order valence-corrected chi connectivity index (χ4v) is 7.73. The van der Waals surface area contributed by atoms with Crippen LogP contribution in [-0.4, -0.2) is 75.9 Å². The molecule has 2 bridgehead atoms. The van der Waals surface area contributed by atoms with Gasteiger partial charge in [0.2, 0.25) is 5.91 Å². The highest BCUT2D eigenvalue weighted by atomic mass is 32.2. The van der Waals surface area contributed by atoms with E-state index in [0.717, 1.165) is 35.9 Å². The van der Waals surface area contributed by atoms with Crippen molar-refractivity contribution in [2.75, 3.05) is 18.6 Å². The topological polar surface area (TPSA) is 162 Å². The van der Waals surface area contributed by atoms with Crippen LogP contribution in [0.1, 0.15) is 37.3 Å². The van der Waals surface area contributed by atoms with Crippen molar-refractivity contribution in [2.45, 2.75) is 54.6 Å². The highest BCUT2D eigenvalue weighted by Gasteiger charge is 2.48. The van der Waals surface area contributed by atoms with E-state index in [9.17, 15) is 18.0 Å². The van der Waals surface area contributed by atoms with Gasteiger partial charge in [-0.3, -0.25) is 9.78 Å². The predicted octanol–water partition coefficient (Wildman–Crippen LogP) is 2.79. The molecule has 4 aromatic rings. The second-order valence-corrected chi connectivity index (χ2v) is 13.1. The molecule has 3 aromatic heterocycles. The largest absolute Gasteiger partial charge is 0.447 e. The van der Waals surface area contributed by atoms with Gasteiger partial charge in [-0.25, -0.2) is 18.2 Å². The lowest BCUT2D eigenvalue weighted by molar-refractivity contribution is -0.137. The molecule has 7 rings (SSSR count). The van der Waals surface area contributed by atoms with Crippen LogP contribution in [0, 0.1) is 0 Å². The zero-order valence-corrected chi connectivity index (χ0v) is 23.6. The minimum Gasteiger partial charge on any atom is -0.447 e. The Morgan fingerprint density at radius 2 is 1.79 bits per heavy atom. The molecule has 3 saturated heterocycles. The lowest BCUT2D eigenvalue weighted by atomic mass is 9.87. The van der Waals surface area contributed by atoms with Gasteiger partial charge in [-0.05, 0) is 31.7 Å². The number of rotatable bonds is 5. The number of nitrogens with zero attached hydrogens (tertiary/aromatic N) is 5. The number of aromatic nitrogens is 4. The monoisotopic (exact) mass is 587 g/mol. The number of carbonyl (C=O) groups excluding carboxylic acids is 2. The van der Waals surface area contributed by atoms with Gasteiger partial charge in [0.15, 0.2) is 15.5 Å². The number of amides is 2. The van der Waals surface area contributed by atoms with Crippen LogP contribution in [0.4, 0.5) is 10.6 Å². The van der Waals surface area contributed by atoms with Crippen LogP contribution >= 0.6 is 0 Å². The summed E-state index contributed by atoms with van der Waals surface area (Å²) in [4.78, 5) is 36.2. The average Bonchev–Trinajstić information content (AvgIpc) is 3.68. The number of benzene rings is 1. The molecule has 0 spiro atoms. The molecule has 12 nitrogen and oxygen atoms in total. The number of hydrogen-bond acceptors (Lipinski definition) is 9. The van der Waals surface area contributed by atoms with E-state index in [1.165, 1.54) is 4.52 Å². The van der Waals surface area contributed by atoms with E-state index in [1.54, 1.807) is 12.4 Å². The first-order valence-electron chi connectivity index (χ1n) is 13.8. The number of hydrogen-bond donors (Lipinski definition) is 2. The summed E-state index contributed by atoms with van der Waals surface area (Å²) < 4.78 is 32.5. The first kappa shape index (κ1) is 26.4. The van der Waals surface area contributed by atoms with Gasteiger partial charge in [-0.15, -0.1) is 0 Å². The Kier molecular flexibility index (Phi) is 6.15. The van der Waals surface area contributed by atoms with Gasteiger partial charge in [0.05, 0.1) is 17.6 Å². The molecule has 216 valence electrons. The Morgan fingerprint density at radius 1 is 1.05 bits per heavy atom. The summed E-state index contributed by atoms with van der Waals surface area (Å²) in [6.45, 7) is 0.00912. The molecular weight excluding hydrogens is 558 g/mol. The maximum atomic E-state index is 13.3. The fraction of sp³-hybridized carbons (Fsp3) is 0.345. The standard InChI is InChI=1S/C29H29N7O5S/c1-42(39,40)25-24(18-11-19-8-9-20(12-18)35(19)28(37)23-15-41-29(38)33-23)34-27-21(14-32-36(27)26(25)30)17-7-10-22(31-13-17)16-5-3-2-4-6-16/h2-7,10,13-14,18-20,23H,8-9,11-12,15,30H2,1H3,(H,33,38)/t18-,19-,20+,23-/m1/s1. The minimum atomic E-state index is -3.77. The smallest absolute Gasteiger partial charge is 0.407 e. The molecule has 42 heavy (non-hydrogen) atoms. The van der Waals surface area contributed by atoms with E-state index >= 15 is 0 Å². The van der Waals surface area contributed by atoms with Crippen molar-refractivity contribution in [1.29, 1.82) is 0 Å². The van der Waals surface area contributed by atoms with E-state index in [4.69, 9.17) is 15.5 Å². The lowest BCUT2D eigenvalue weighted by Crippen LogP contribution is -2.53. The van der Waals surface area contributed by atoms with E-state index in [2.05, 4.69) is 15.4 Å². The van der Waals surface area contributed by atoms with Crippen LogP contribution in [0.25, 0.3) is 28.0 Å². The molecule has 0 aliphatic carbocycles. The molecule has 4 atom stereocenters. The third-order valence-electron chi connectivity index (χ3n) is 8.52. The number of cyclic esters (lactones) is 1. The summed E-state index contributed by atoms with van der Waals surface area (Å²) in [5.74, 6) is -0.392. The molecule has 0 saturated carbocycles. The van der Waals surface area contributed by atoms with Gasteiger partial charge in [0.25, 0.3) is 0 Å². The van der Waals surface area contributed by atoms with Gasteiger partial charge in [-0.1, -0.05) is 36.4 Å². The highest BCUT2D eigenvalue weighted by molar-refractivity contribution is 7.91. The van der Waals surface area contributed by atoms with Crippen molar-refractivity contribution >= 4 is 33.3 Å². The van der Waals surface area contributed by atoms with Gasteiger partial charge < -0.3 is 20.7 Å². The summed E-state index contributed by atoms with van der Waals surface area (Å²) in [5, 5.41) is 6.98. The third-order valence-corrected chi connectivity index (χ3v) is 9.68. The third kappa shape index (κ3) is 4.35. The maximum absolute atomic E-state index is 13.3. The second kappa shape index (κ2) is 9.79. The molecule has 1 aromatic carbocycles. The van der Waals surface area contributed by atoms with Crippen LogP contribution in [-0.2, 0) is 19.4 Å². The van der Waals surface area contributed by atoms with Crippen molar-refractivity contribution < 1.29 is 22.7 Å². The van der Waals surface area contributed by atoms with E-state index in [1.807, 2.05) is 47.4 Å². The second-order valence-electron chi connectivity index (χ2n) is 11.2. The van der Waals surface area contributed by atoms with Crippen LogP contribution in [0.15, 0.2) is 59.8 Å². The van der Waals surface area contributed by atoms with Crippen molar-refractivity contribution in [3.8, 4) is 22.4 Å². The highest BCUT2D eigenvalue weighted by Crippen LogP contribution is 2.45. The number of sulfone groups is 1. The Bertz CT molecular complexity index is 1810. The molecule has 2 amide bonds. The molecule has 6 heterocycles. The summed E-state index contributed by atoms with van der Waals surface area (Å²) in [6.07, 6.45) is 6.55. The Labute approximate surface area is 241 Å². The molecule has 0 radical (unpaired) electrons. The van der Waals surface area contributed by atoms with Gasteiger partial charge >= 0.3 is 6.09 Å². The molecular formula is C29H29N7O5S. The minimum absolute atomic E-state index is 0.00860. The summed E-state index contributed by atoms with van der Waals surface area (Å²) in [5.41, 5.74) is 10.6. The van der Waals surface area contributed by atoms with E-state index < -0.39 is 22.0 Å². The Morgan fingerprint density at radius 3 is 2.40 bits per heavy atom. The number of nitrogens with two attached hydrogens (primary N) is 1. The van der Waals surface area contributed by atoms with Gasteiger partial charge in [0.1, 0.15) is 23.4 Å². The summed E-state index contributed by atoms with van der Waals surface area (Å²) in [6, 6.07) is 12.8.